The minimum Gasteiger partial charge on any atom is -0.453 e. The van der Waals surface area contributed by atoms with Crippen LogP contribution in [0, 0.1) is 5.92 Å². The Balaban J connectivity index is 1.52. The van der Waals surface area contributed by atoms with E-state index >= 15 is 0 Å². The molecule has 0 radical (unpaired) electrons. The fraction of sp³-hybridized carbons (Fsp3) is 0.471. The first-order chi connectivity index (χ1) is 10.8. The SMILES string of the molecule is CN1C(c2cc3ccccc3o2)=NOC12CN1CCC2CC1. The van der Waals surface area contributed by atoms with Gasteiger partial charge in [0.2, 0.25) is 11.6 Å². The number of furan rings is 1. The third-order valence-corrected chi connectivity index (χ3v) is 5.50. The average Bonchev–Trinajstić information content (AvgIpc) is 3.11. The molecule has 6 rings (SSSR count). The van der Waals surface area contributed by atoms with Crippen molar-refractivity contribution in [3.63, 3.8) is 0 Å². The van der Waals surface area contributed by atoms with E-state index < -0.39 is 0 Å². The monoisotopic (exact) mass is 297 g/mol. The number of fused-ring (bicyclic) bond motifs is 3. The Hall–Kier alpha value is -2.01. The van der Waals surface area contributed by atoms with Crippen molar-refractivity contribution in [2.24, 2.45) is 11.1 Å². The predicted molar refractivity (Wildman–Crippen MR) is 83.5 cm³/mol. The smallest absolute Gasteiger partial charge is 0.226 e. The highest BCUT2D eigenvalue weighted by molar-refractivity contribution is 6.00. The van der Waals surface area contributed by atoms with Gasteiger partial charge in [0.1, 0.15) is 5.58 Å². The molecule has 5 heterocycles. The quantitative estimate of drug-likeness (QED) is 0.811. The molecule has 1 unspecified atom stereocenters. The fourth-order valence-electron chi connectivity index (χ4n) is 4.20. The summed E-state index contributed by atoms with van der Waals surface area (Å²) >= 11 is 0. The van der Waals surface area contributed by atoms with Gasteiger partial charge in [-0.15, -0.1) is 0 Å². The normalized spacial score (nSPS) is 33.5. The van der Waals surface area contributed by atoms with Crippen molar-refractivity contribution < 1.29 is 9.25 Å². The minimum absolute atomic E-state index is 0.301. The van der Waals surface area contributed by atoms with Gasteiger partial charge >= 0.3 is 0 Å². The second-order valence-electron chi connectivity index (χ2n) is 6.61. The van der Waals surface area contributed by atoms with Crippen molar-refractivity contribution in [1.82, 2.24) is 9.80 Å². The van der Waals surface area contributed by atoms with Crippen LogP contribution in [0.5, 0.6) is 0 Å². The Labute approximate surface area is 129 Å². The van der Waals surface area contributed by atoms with Gasteiger partial charge in [0.15, 0.2) is 5.76 Å². The van der Waals surface area contributed by atoms with E-state index in [9.17, 15) is 0 Å². The highest BCUT2D eigenvalue weighted by atomic mass is 16.7. The van der Waals surface area contributed by atoms with Crippen molar-refractivity contribution in [1.29, 1.82) is 0 Å². The summed E-state index contributed by atoms with van der Waals surface area (Å²) in [6.45, 7) is 3.30. The molecule has 3 saturated heterocycles. The van der Waals surface area contributed by atoms with Crippen LogP contribution in [0.1, 0.15) is 18.6 Å². The molecule has 4 aliphatic rings. The maximum Gasteiger partial charge on any atom is 0.226 e. The lowest BCUT2D eigenvalue weighted by Crippen LogP contribution is -2.65. The predicted octanol–water partition coefficient (Wildman–Crippen LogP) is 2.48. The lowest BCUT2D eigenvalue weighted by molar-refractivity contribution is -0.190. The molecular formula is C17H19N3O2. The number of hydrogen-bond acceptors (Lipinski definition) is 5. The van der Waals surface area contributed by atoms with Gasteiger partial charge in [0, 0.05) is 18.4 Å². The van der Waals surface area contributed by atoms with Gasteiger partial charge in [0.25, 0.3) is 0 Å². The number of likely N-dealkylation sites (N-methyl/N-ethyl adjacent to an activating group) is 1. The molecule has 0 aliphatic carbocycles. The number of benzene rings is 1. The highest BCUT2D eigenvalue weighted by Crippen LogP contribution is 2.43. The number of oxime groups is 1. The largest absolute Gasteiger partial charge is 0.453 e. The third-order valence-electron chi connectivity index (χ3n) is 5.50. The molecule has 0 amide bonds. The number of piperidine rings is 3. The van der Waals surface area contributed by atoms with Crippen LogP contribution in [0.25, 0.3) is 11.0 Å². The van der Waals surface area contributed by atoms with Gasteiger partial charge < -0.3 is 14.2 Å². The molecular weight excluding hydrogens is 278 g/mol. The third kappa shape index (κ3) is 1.54. The van der Waals surface area contributed by atoms with Crippen molar-refractivity contribution in [2.45, 2.75) is 18.6 Å². The Morgan fingerprint density at radius 1 is 1.23 bits per heavy atom. The standard InChI is InChI=1S/C17H19N3O2/c1-19-16(15-10-12-4-2-3-5-14(12)21-15)18-22-17(19)11-20-8-6-13(17)7-9-20/h2-5,10,13H,6-9,11H2,1H3. The number of hydrogen-bond donors (Lipinski definition) is 0. The molecule has 22 heavy (non-hydrogen) atoms. The molecule has 1 atom stereocenters. The zero-order valence-electron chi connectivity index (χ0n) is 12.7. The molecule has 0 saturated carbocycles. The van der Waals surface area contributed by atoms with E-state index in [-0.39, 0.29) is 5.72 Å². The van der Waals surface area contributed by atoms with Crippen LogP contribution in [0.15, 0.2) is 39.9 Å². The van der Waals surface area contributed by atoms with Crippen LogP contribution < -0.4 is 0 Å². The first-order valence-corrected chi connectivity index (χ1v) is 7.98. The number of nitrogens with zero attached hydrogens (tertiary/aromatic N) is 3. The minimum atomic E-state index is -0.301. The summed E-state index contributed by atoms with van der Waals surface area (Å²) in [7, 11) is 2.08. The van der Waals surface area contributed by atoms with Crippen molar-refractivity contribution in [3.05, 3.63) is 36.1 Å². The van der Waals surface area contributed by atoms with E-state index in [1.807, 2.05) is 18.2 Å². The molecule has 3 fully saturated rings. The maximum atomic E-state index is 6.00. The highest BCUT2D eigenvalue weighted by Gasteiger charge is 2.56. The molecule has 5 nitrogen and oxygen atoms in total. The molecule has 1 spiro atoms. The Morgan fingerprint density at radius 3 is 2.77 bits per heavy atom. The zero-order chi connectivity index (χ0) is 14.7. The van der Waals surface area contributed by atoms with Gasteiger partial charge in [-0.25, -0.2) is 0 Å². The van der Waals surface area contributed by atoms with E-state index in [1.54, 1.807) is 0 Å². The number of rotatable bonds is 1. The number of amidine groups is 1. The summed E-state index contributed by atoms with van der Waals surface area (Å²) in [5, 5.41) is 5.50. The van der Waals surface area contributed by atoms with Crippen LogP contribution >= 0.6 is 0 Å². The van der Waals surface area contributed by atoms with Gasteiger partial charge in [-0.2, -0.15) is 0 Å². The lowest BCUT2D eigenvalue weighted by atomic mass is 9.80. The number of para-hydroxylation sites is 1. The average molecular weight is 297 g/mol. The molecule has 1 aromatic heterocycles. The zero-order valence-corrected chi connectivity index (χ0v) is 12.7. The summed E-state index contributed by atoms with van der Waals surface area (Å²) < 4.78 is 5.97. The fourth-order valence-corrected chi connectivity index (χ4v) is 4.20. The van der Waals surface area contributed by atoms with Crippen LogP contribution in [-0.4, -0.2) is 48.0 Å². The molecule has 0 N–H and O–H groups in total. The van der Waals surface area contributed by atoms with Gasteiger partial charge in [-0.05, 0) is 38.1 Å². The van der Waals surface area contributed by atoms with Crippen LogP contribution in [-0.2, 0) is 4.84 Å². The Morgan fingerprint density at radius 2 is 2.05 bits per heavy atom. The summed E-state index contributed by atoms with van der Waals surface area (Å²) in [6.07, 6.45) is 2.38. The Kier molecular flexibility index (Phi) is 2.42. The first kappa shape index (κ1) is 12.5. The van der Waals surface area contributed by atoms with Crippen LogP contribution in [0.4, 0.5) is 0 Å². The van der Waals surface area contributed by atoms with Gasteiger partial charge in [-0.1, -0.05) is 23.4 Å². The molecule has 2 bridgehead atoms. The van der Waals surface area contributed by atoms with Gasteiger partial charge in [-0.3, -0.25) is 4.90 Å². The molecule has 2 aromatic rings. The first-order valence-electron chi connectivity index (χ1n) is 7.98. The Bertz CT molecular complexity index is 727. The van der Waals surface area contributed by atoms with E-state index in [0.29, 0.717) is 5.92 Å². The second-order valence-corrected chi connectivity index (χ2v) is 6.61. The summed E-state index contributed by atoms with van der Waals surface area (Å²) in [5.41, 5.74) is 0.591. The molecule has 1 aromatic carbocycles. The summed E-state index contributed by atoms with van der Waals surface area (Å²) in [4.78, 5) is 10.7. The van der Waals surface area contributed by atoms with E-state index in [0.717, 1.165) is 29.1 Å². The second kappa shape index (κ2) is 4.26. The van der Waals surface area contributed by atoms with Crippen molar-refractivity contribution >= 4 is 16.8 Å². The summed E-state index contributed by atoms with van der Waals surface area (Å²) in [6, 6.07) is 10.1. The van der Waals surface area contributed by atoms with E-state index in [2.05, 4.69) is 34.1 Å². The van der Waals surface area contributed by atoms with Crippen LogP contribution in [0.3, 0.4) is 0 Å². The molecule has 114 valence electrons. The van der Waals surface area contributed by atoms with Crippen molar-refractivity contribution in [2.75, 3.05) is 26.7 Å². The lowest BCUT2D eigenvalue weighted by Gasteiger charge is -2.52. The van der Waals surface area contributed by atoms with Gasteiger partial charge in [0.05, 0.1) is 6.54 Å². The molecule has 5 heteroatoms. The van der Waals surface area contributed by atoms with Crippen LogP contribution in [0.2, 0.25) is 0 Å². The van der Waals surface area contributed by atoms with Crippen molar-refractivity contribution in [3.8, 4) is 0 Å². The molecule has 4 aliphatic heterocycles. The topological polar surface area (TPSA) is 41.2 Å². The van der Waals surface area contributed by atoms with E-state index in [4.69, 9.17) is 9.25 Å². The van der Waals surface area contributed by atoms with E-state index in [1.165, 1.54) is 25.9 Å². The summed E-state index contributed by atoms with van der Waals surface area (Å²) in [5.74, 6) is 2.15. The maximum absolute atomic E-state index is 6.00.